The molecule has 0 aliphatic heterocycles. The van der Waals surface area contributed by atoms with Crippen molar-refractivity contribution in [2.24, 2.45) is 0 Å². The first-order chi connectivity index (χ1) is 9.38. The first-order valence-corrected chi connectivity index (χ1v) is 6.40. The molecule has 3 N–H and O–H groups in total. The molecule has 0 saturated heterocycles. The number of nitrogens with two attached hydrogens (primary N) is 1. The Balaban J connectivity index is 2.50. The van der Waals surface area contributed by atoms with Gasteiger partial charge in [-0.2, -0.15) is 0 Å². The van der Waals surface area contributed by atoms with E-state index in [9.17, 15) is 9.90 Å². The van der Waals surface area contributed by atoms with Crippen LogP contribution in [0.1, 0.15) is 15.9 Å². The van der Waals surface area contributed by atoms with Gasteiger partial charge in [0, 0.05) is 10.7 Å². The number of ether oxygens (including phenoxy) is 1. The Morgan fingerprint density at radius 2 is 1.95 bits per heavy atom. The highest BCUT2D eigenvalue weighted by molar-refractivity contribution is 6.33. The minimum atomic E-state index is -1.17. The van der Waals surface area contributed by atoms with E-state index in [1.165, 1.54) is 12.1 Å². The maximum Gasteiger partial charge on any atom is 0.339 e. The topological polar surface area (TPSA) is 72.5 Å². The van der Waals surface area contributed by atoms with Crippen LogP contribution in [0.15, 0.2) is 30.3 Å². The van der Waals surface area contributed by atoms with Crippen molar-refractivity contribution in [2.75, 3.05) is 5.73 Å². The lowest BCUT2D eigenvalue weighted by molar-refractivity contribution is 0.0694. The number of nitrogen functional groups attached to an aromatic ring is 1. The molecule has 6 heteroatoms. The van der Waals surface area contributed by atoms with Crippen LogP contribution in [0.2, 0.25) is 10.0 Å². The summed E-state index contributed by atoms with van der Waals surface area (Å²) in [6, 6.07) is 7.75. The summed E-state index contributed by atoms with van der Waals surface area (Å²) in [5.41, 5.74) is 6.52. The van der Waals surface area contributed by atoms with Crippen molar-refractivity contribution < 1.29 is 14.6 Å². The van der Waals surface area contributed by atoms with Crippen molar-refractivity contribution in [3.63, 3.8) is 0 Å². The lowest BCUT2D eigenvalue weighted by Crippen LogP contribution is -2.03. The number of carbonyl (C=O) groups is 1. The van der Waals surface area contributed by atoms with Crippen LogP contribution in [0, 0.1) is 6.92 Å². The Morgan fingerprint density at radius 3 is 2.55 bits per heavy atom. The van der Waals surface area contributed by atoms with Crippen molar-refractivity contribution >= 4 is 34.9 Å². The number of benzene rings is 2. The zero-order chi connectivity index (χ0) is 14.9. The summed E-state index contributed by atoms with van der Waals surface area (Å²) >= 11 is 11.9. The number of rotatable bonds is 3. The summed E-state index contributed by atoms with van der Waals surface area (Å²) in [6.07, 6.45) is 0. The van der Waals surface area contributed by atoms with Gasteiger partial charge in [0.1, 0.15) is 11.3 Å². The zero-order valence-corrected chi connectivity index (χ0v) is 12.0. The van der Waals surface area contributed by atoms with Crippen molar-refractivity contribution in [3.05, 3.63) is 51.5 Å². The molecule has 0 amide bonds. The highest BCUT2D eigenvalue weighted by atomic mass is 35.5. The monoisotopic (exact) mass is 311 g/mol. The quantitative estimate of drug-likeness (QED) is 0.825. The highest BCUT2D eigenvalue weighted by Gasteiger charge is 2.17. The number of halogens is 2. The van der Waals surface area contributed by atoms with Crippen molar-refractivity contribution in [2.45, 2.75) is 6.92 Å². The van der Waals surface area contributed by atoms with Gasteiger partial charge in [-0.05, 0) is 42.8 Å². The first kappa shape index (κ1) is 14.5. The molecule has 2 aromatic carbocycles. The van der Waals surface area contributed by atoms with Gasteiger partial charge < -0.3 is 15.6 Å². The second kappa shape index (κ2) is 5.61. The molecule has 104 valence electrons. The maximum atomic E-state index is 11.2. The predicted molar refractivity (Wildman–Crippen MR) is 79.1 cm³/mol. The normalized spacial score (nSPS) is 10.3. The second-order valence-corrected chi connectivity index (χ2v) is 5.04. The van der Waals surface area contributed by atoms with Crippen molar-refractivity contribution in [1.82, 2.24) is 0 Å². The van der Waals surface area contributed by atoms with Crippen LogP contribution in [-0.4, -0.2) is 11.1 Å². The van der Waals surface area contributed by atoms with E-state index in [4.69, 9.17) is 33.7 Å². The summed E-state index contributed by atoms with van der Waals surface area (Å²) in [6.45, 7) is 1.80. The molecule has 0 bridgehead atoms. The van der Waals surface area contributed by atoms with E-state index in [1.54, 1.807) is 25.1 Å². The van der Waals surface area contributed by atoms with E-state index in [-0.39, 0.29) is 22.0 Å². The Hall–Kier alpha value is -1.91. The average Bonchev–Trinajstić information content (AvgIpc) is 2.34. The fourth-order valence-electron chi connectivity index (χ4n) is 1.71. The minimum absolute atomic E-state index is 0.0544. The van der Waals surface area contributed by atoms with Crippen LogP contribution >= 0.6 is 23.2 Å². The smallest absolute Gasteiger partial charge is 0.339 e. The standard InChI is InChI=1S/C14H11Cl2NO3/c1-7-4-8(15)2-3-12(7)20-13-10(14(18)19)5-9(17)6-11(13)16/h2-6H,17H2,1H3,(H,18,19). The van der Waals surface area contributed by atoms with Gasteiger partial charge in [-0.25, -0.2) is 4.79 Å². The summed E-state index contributed by atoms with van der Waals surface area (Å²) in [5.74, 6) is -0.636. The van der Waals surface area contributed by atoms with Crippen LogP contribution < -0.4 is 10.5 Å². The molecule has 0 aromatic heterocycles. The lowest BCUT2D eigenvalue weighted by atomic mass is 10.1. The van der Waals surface area contributed by atoms with Gasteiger partial charge in [-0.1, -0.05) is 23.2 Å². The summed E-state index contributed by atoms with van der Waals surface area (Å²) in [5, 5.41) is 9.89. The number of aryl methyl sites for hydroxylation is 1. The van der Waals surface area contributed by atoms with Gasteiger partial charge >= 0.3 is 5.97 Å². The van der Waals surface area contributed by atoms with Crippen molar-refractivity contribution in [3.8, 4) is 11.5 Å². The molecule has 0 atom stereocenters. The summed E-state index contributed by atoms with van der Waals surface area (Å²) in [4.78, 5) is 11.2. The number of carboxylic acid groups (broad SMARTS) is 1. The van der Waals surface area contributed by atoms with Gasteiger partial charge in [0.05, 0.1) is 5.02 Å². The molecule has 0 aliphatic rings. The van der Waals surface area contributed by atoms with Crippen LogP contribution in [0.5, 0.6) is 11.5 Å². The molecule has 0 saturated carbocycles. The number of carboxylic acids is 1. The van der Waals surface area contributed by atoms with Crippen molar-refractivity contribution in [1.29, 1.82) is 0 Å². The molecule has 0 fully saturated rings. The molecule has 2 rings (SSSR count). The largest absolute Gasteiger partial charge is 0.478 e. The van der Waals surface area contributed by atoms with E-state index in [1.807, 2.05) is 0 Å². The molecular weight excluding hydrogens is 301 g/mol. The van der Waals surface area contributed by atoms with E-state index in [2.05, 4.69) is 0 Å². The zero-order valence-electron chi connectivity index (χ0n) is 10.5. The SMILES string of the molecule is Cc1cc(Cl)ccc1Oc1c(Cl)cc(N)cc1C(=O)O. The van der Waals surface area contributed by atoms with Gasteiger partial charge in [-0.3, -0.25) is 0 Å². The number of aromatic carboxylic acids is 1. The number of anilines is 1. The van der Waals surface area contributed by atoms with E-state index >= 15 is 0 Å². The molecule has 2 aromatic rings. The fourth-order valence-corrected chi connectivity index (χ4v) is 2.21. The highest BCUT2D eigenvalue weighted by Crippen LogP contribution is 2.36. The molecule has 0 aliphatic carbocycles. The molecule has 0 radical (unpaired) electrons. The molecule has 0 unspecified atom stereocenters. The van der Waals surface area contributed by atoms with Crippen LogP contribution in [0.3, 0.4) is 0 Å². The van der Waals surface area contributed by atoms with Crippen LogP contribution in [-0.2, 0) is 0 Å². The molecule has 4 nitrogen and oxygen atoms in total. The Morgan fingerprint density at radius 1 is 1.25 bits per heavy atom. The Kier molecular flexibility index (Phi) is 4.06. The fraction of sp³-hybridized carbons (Fsp3) is 0.0714. The second-order valence-electron chi connectivity index (χ2n) is 4.20. The lowest BCUT2D eigenvalue weighted by Gasteiger charge is -2.13. The minimum Gasteiger partial charge on any atom is -0.478 e. The number of hydrogen-bond acceptors (Lipinski definition) is 3. The van der Waals surface area contributed by atoms with Gasteiger partial charge in [0.15, 0.2) is 5.75 Å². The average molecular weight is 312 g/mol. The van der Waals surface area contributed by atoms with Crippen LogP contribution in [0.4, 0.5) is 5.69 Å². The third-order valence-corrected chi connectivity index (χ3v) is 3.16. The van der Waals surface area contributed by atoms with Crippen LogP contribution in [0.25, 0.3) is 0 Å². The summed E-state index contributed by atoms with van der Waals surface area (Å²) in [7, 11) is 0. The van der Waals surface area contributed by atoms with Gasteiger partial charge in [0.25, 0.3) is 0 Å². The molecule has 0 spiro atoms. The first-order valence-electron chi connectivity index (χ1n) is 5.65. The predicted octanol–water partition coefficient (Wildman–Crippen LogP) is 4.37. The van der Waals surface area contributed by atoms with E-state index in [0.29, 0.717) is 10.8 Å². The third kappa shape index (κ3) is 2.98. The van der Waals surface area contributed by atoms with Gasteiger partial charge in [0.2, 0.25) is 0 Å². The Labute approximate surface area is 125 Å². The molecule has 20 heavy (non-hydrogen) atoms. The maximum absolute atomic E-state index is 11.2. The van der Waals surface area contributed by atoms with Gasteiger partial charge in [-0.15, -0.1) is 0 Å². The Bertz CT molecular complexity index is 686. The van der Waals surface area contributed by atoms with E-state index in [0.717, 1.165) is 5.56 Å². The number of hydrogen-bond donors (Lipinski definition) is 2. The molecular formula is C14H11Cl2NO3. The summed E-state index contributed by atoms with van der Waals surface area (Å²) < 4.78 is 5.62. The van der Waals surface area contributed by atoms with E-state index < -0.39 is 5.97 Å². The third-order valence-electron chi connectivity index (χ3n) is 2.65. The molecule has 0 heterocycles.